The molecule has 1 amide bonds. The minimum absolute atomic E-state index is 0.0921. The number of rotatable bonds is 4. The van der Waals surface area contributed by atoms with Crippen LogP contribution in [0.25, 0.3) is 5.82 Å². The third-order valence-electron chi connectivity index (χ3n) is 3.05. The molecule has 0 saturated carbocycles. The van der Waals surface area contributed by atoms with Crippen LogP contribution in [0.3, 0.4) is 0 Å². The van der Waals surface area contributed by atoms with Crippen molar-refractivity contribution < 1.29 is 4.79 Å². The average molecular weight is 331 g/mol. The molecule has 0 aliphatic heterocycles. The number of carbonyl (C=O) groups is 1. The Kier molecular flexibility index (Phi) is 4.12. The van der Waals surface area contributed by atoms with Gasteiger partial charge in [0.1, 0.15) is 12.1 Å². The Morgan fingerprint density at radius 1 is 1.50 bits per heavy atom. The van der Waals surface area contributed by atoms with Gasteiger partial charge in [-0.3, -0.25) is 9.36 Å². The van der Waals surface area contributed by atoms with Gasteiger partial charge in [-0.05, 0) is 31.3 Å². The van der Waals surface area contributed by atoms with Gasteiger partial charge in [0, 0.05) is 23.0 Å². The predicted molar refractivity (Wildman–Crippen MR) is 87.9 cm³/mol. The van der Waals surface area contributed by atoms with Crippen LogP contribution in [0.1, 0.15) is 10.6 Å². The minimum atomic E-state index is -0.0921. The smallest absolute Gasteiger partial charge is 0.229 e. The average Bonchev–Trinajstić information content (AvgIpc) is 3.10. The zero-order valence-electron chi connectivity index (χ0n) is 11.7. The van der Waals surface area contributed by atoms with E-state index < -0.39 is 0 Å². The van der Waals surface area contributed by atoms with Gasteiger partial charge in [-0.2, -0.15) is 0 Å². The van der Waals surface area contributed by atoms with Crippen LogP contribution >= 0.6 is 23.6 Å². The van der Waals surface area contributed by atoms with Crippen molar-refractivity contribution in [2.24, 2.45) is 0 Å². The fourth-order valence-electron chi connectivity index (χ4n) is 1.96. The fourth-order valence-corrected chi connectivity index (χ4v) is 3.25. The molecule has 8 heteroatoms. The number of hydrogen-bond donors (Lipinski definition) is 2. The number of anilines is 1. The summed E-state index contributed by atoms with van der Waals surface area (Å²) in [4.78, 5) is 24.3. The molecule has 0 spiro atoms. The lowest BCUT2D eigenvalue weighted by Crippen LogP contribution is -2.14. The molecule has 0 aromatic carbocycles. The molecule has 0 aliphatic rings. The first kappa shape index (κ1) is 14.6. The molecule has 0 radical (unpaired) electrons. The zero-order chi connectivity index (χ0) is 15.5. The van der Waals surface area contributed by atoms with Crippen LogP contribution in [-0.4, -0.2) is 25.4 Å². The molecule has 112 valence electrons. The van der Waals surface area contributed by atoms with Crippen LogP contribution in [0.2, 0.25) is 0 Å². The summed E-state index contributed by atoms with van der Waals surface area (Å²) in [6, 6.07) is 3.63. The van der Waals surface area contributed by atoms with E-state index in [4.69, 9.17) is 12.2 Å². The van der Waals surface area contributed by atoms with Gasteiger partial charge in [0.15, 0.2) is 3.95 Å². The van der Waals surface area contributed by atoms with Crippen molar-refractivity contribution in [3.05, 3.63) is 51.6 Å². The van der Waals surface area contributed by atoms with Crippen molar-refractivity contribution in [2.75, 3.05) is 5.32 Å². The molecule has 0 atom stereocenters. The summed E-state index contributed by atoms with van der Waals surface area (Å²) in [7, 11) is 0. The third-order valence-corrected chi connectivity index (χ3v) is 4.38. The molecular formula is C14H13N5OS2. The maximum absolute atomic E-state index is 12.1. The molecule has 6 nitrogen and oxygen atoms in total. The largest absolute Gasteiger partial charge is 0.341 e. The van der Waals surface area contributed by atoms with Gasteiger partial charge < -0.3 is 10.3 Å². The maximum atomic E-state index is 12.1. The highest BCUT2D eigenvalue weighted by Gasteiger charge is 2.09. The lowest BCUT2D eigenvalue weighted by Gasteiger charge is -2.06. The molecule has 2 N–H and O–H groups in total. The Labute approximate surface area is 135 Å². The predicted octanol–water partition coefficient (Wildman–Crippen LogP) is 2.88. The van der Waals surface area contributed by atoms with Gasteiger partial charge in [-0.15, -0.1) is 11.3 Å². The molecule has 22 heavy (non-hydrogen) atoms. The Morgan fingerprint density at radius 3 is 2.95 bits per heavy atom. The van der Waals surface area contributed by atoms with Gasteiger partial charge >= 0.3 is 0 Å². The highest BCUT2D eigenvalue weighted by Crippen LogP contribution is 2.16. The summed E-state index contributed by atoms with van der Waals surface area (Å²) in [6.45, 7) is 1.91. The van der Waals surface area contributed by atoms with Gasteiger partial charge in [0.25, 0.3) is 0 Å². The van der Waals surface area contributed by atoms with Crippen LogP contribution in [0.5, 0.6) is 0 Å². The summed E-state index contributed by atoms with van der Waals surface area (Å²) in [5.41, 5.74) is 1.60. The number of imidazole rings is 1. The zero-order valence-corrected chi connectivity index (χ0v) is 13.4. The molecule has 3 heterocycles. The first-order chi connectivity index (χ1) is 10.6. The van der Waals surface area contributed by atoms with Crippen molar-refractivity contribution in [1.29, 1.82) is 0 Å². The number of amides is 1. The van der Waals surface area contributed by atoms with Crippen molar-refractivity contribution in [1.82, 2.24) is 19.5 Å². The number of aryl methyl sites for hydroxylation is 1. The highest BCUT2D eigenvalue weighted by molar-refractivity contribution is 7.73. The van der Waals surface area contributed by atoms with E-state index in [2.05, 4.69) is 20.3 Å². The number of pyridine rings is 1. The molecule has 0 saturated heterocycles. The van der Waals surface area contributed by atoms with E-state index >= 15 is 0 Å². The number of thiazole rings is 1. The van der Waals surface area contributed by atoms with Crippen molar-refractivity contribution in [2.45, 2.75) is 13.3 Å². The summed E-state index contributed by atoms with van der Waals surface area (Å²) >= 11 is 6.50. The number of nitrogens with zero attached hydrogens (tertiary/aromatic N) is 3. The minimum Gasteiger partial charge on any atom is -0.341 e. The first-order valence-corrected chi connectivity index (χ1v) is 7.77. The number of nitrogens with one attached hydrogen (secondary N) is 2. The molecular weight excluding hydrogens is 318 g/mol. The monoisotopic (exact) mass is 331 g/mol. The molecule has 3 aromatic rings. The summed E-state index contributed by atoms with van der Waals surface area (Å²) in [5.74, 6) is 0.653. The lowest BCUT2D eigenvalue weighted by molar-refractivity contribution is -0.115. The number of aromatic amines is 1. The van der Waals surface area contributed by atoms with Crippen molar-refractivity contribution in [3.8, 4) is 5.82 Å². The van der Waals surface area contributed by atoms with E-state index in [-0.39, 0.29) is 5.91 Å². The number of aromatic nitrogens is 4. The molecule has 0 aliphatic carbocycles. The summed E-state index contributed by atoms with van der Waals surface area (Å²) in [6.07, 6.45) is 7.09. The molecule has 0 bridgehead atoms. The van der Waals surface area contributed by atoms with E-state index in [0.717, 1.165) is 16.4 Å². The van der Waals surface area contributed by atoms with Gasteiger partial charge in [-0.25, -0.2) is 9.97 Å². The lowest BCUT2D eigenvalue weighted by atomic mass is 10.3. The van der Waals surface area contributed by atoms with E-state index in [0.29, 0.717) is 16.1 Å². The van der Waals surface area contributed by atoms with Crippen molar-refractivity contribution in [3.63, 3.8) is 0 Å². The third kappa shape index (κ3) is 3.29. The molecule has 3 aromatic heterocycles. The van der Waals surface area contributed by atoms with E-state index in [1.165, 1.54) is 11.3 Å². The standard InChI is InChI=1S/C14H13N5OS2/c1-9-11(22-14(21)17-9)6-13(20)18-10-2-3-12(16-7-10)19-5-4-15-8-19/h2-5,7-8H,6H2,1H3,(H,17,21)(H,18,20). The van der Waals surface area contributed by atoms with E-state index in [9.17, 15) is 4.79 Å². The molecule has 3 rings (SSSR count). The Balaban J connectivity index is 1.66. The van der Waals surface area contributed by atoms with Crippen LogP contribution in [-0.2, 0) is 11.2 Å². The van der Waals surface area contributed by atoms with Gasteiger partial charge in [-0.1, -0.05) is 0 Å². The Bertz CT molecular complexity index is 833. The van der Waals surface area contributed by atoms with E-state index in [1.807, 2.05) is 25.3 Å². The molecule has 0 fully saturated rings. The van der Waals surface area contributed by atoms with Crippen LogP contribution in [0.15, 0.2) is 37.1 Å². The quantitative estimate of drug-likeness (QED) is 0.721. The van der Waals surface area contributed by atoms with Gasteiger partial charge in [0.05, 0.1) is 18.3 Å². The highest BCUT2D eigenvalue weighted by atomic mass is 32.1. The summed E-state index contributed by atoms with van der Waals surface area (Å²) < 4.78 is 2.48. The van der Waals surface area contributed by atoms with Crippen LogP contribution in [0.4, 0.5) is 5.69 Å². The topological polar surface area (TPSA) is 75.6 Å². The fraction of sp³-hybridized carbons (Fsp3) is 0.143. The molecule has 0 unspecified atom stereocenters. The normalized spacial score (nSPS) is 10.6. The second-order valence-corrected chi connectivity index (χ2v) is 6.43. The Hall–Kier alpha value is -2.32. The number of H-pyrrole nitrogens is 1. The number of carbonyl (C=O) groups excluding carboxylic acids is 1. The second kappa shape index (κ2) is 6.20. The second-order valence-electron chi connectivity index (χ2n) is 4.66. The summed E-state index contributed by atoms with van der Waals surface area (Å²) in [5, 5.41) is 2.83. The maximum Gasteiger partial charge on any atom is 0.229 e. The van der Waals surface area contributed by atoms with E-state index in [1.54, 1.807) is 23.3 Å². The van der Waals surface area contributed by atoms with Crippen LogP contribution < -0.4 is 5.32 Å². The SMILES string of the molecule is Cc1[nH]c(=S)sc1CC(=O)Nc1ccc(-n2ccnc2)nc1. The van der Waals surface area contributed by atoms with Crippen LogP contribution in [0, 0.1) is 10.9 Å². The number of hydrogen-bond acceptors (Lipinski definition) is 5. The Morgan fingerprint density at radius 2 is 2.36 bits per heavy atom. The first-order valence-electron chi connectivity index (χ1n) is 6.54. The van der Waals surface area contributed by atoms with Crippen molar-refractivity contribution >= 4 is 35.1 Å². The van der Waals surface area contributed by atoms with Gasteiger partial charge in [0.2, 0.25) is 5.91 Å².